The number of sulfonamides is 1. The summed E-state index contributed by atoms with van der Waals surface area (Å²) in [5.74, 6) is 0.873. The maximum absolute atomic E-state index is 12.9. The number of ether oxygens (including phenoxy) is 2. The van der Waals surface area contributed by atoms with Crippen molar-refractivity contribution in [2.24, 2.45) is 0 Å². The molecule has 0 atom stereocenters. The number of thioether (sulfide) groups is 1. The van der Waals surface area contributed by atoms with E-state index in [1.54, 1.807) is 31.4 Å². The molecule has 0 aliphatic carbocycles. The van der Waals surface area contributed by atoms with Gasteiger partial charge in [0.15, 0.2) is 10.7 Å². The quantitative estimate of drug-likeness (QED) is 0.241. The first kappa shape index (κ1) is 24.9. The van der Waals surface area contributed by atoms with Gasteiger partial charge >= 0.3 is 0 Å². The Bertz CT molecular complexity index is 1710. The Morgan fingerprint density at radius 1 is 1.03 bits per heavy atom. The van der Waals surface area contributed by atoms with Gasteiger partial charge in [0.2, 0.25) is 5.91 Å². The second kappa shape index (κ2) is 10.3. The molecule has 10 nitrogen and oxygen atoms in total. The van der Waals surface area contributed by atoms with Gasteiger partial charge in [0.25, 0.3) is 15.2 Å². The fourth-order valence-electron chi connectivity index (χ4n) is 3.42. The van der Waals surface area contributed by atoms with Crippen LogP contribution in [0, 0.1) is 0 Å². The molecule has 0 radical (unpaired) electrons. The van der Waals surface area contributed by atoms with E-state index in [1.165, 1.54) is 36.6 Å². The molecule has 0 fully saturated rings. The van der Waals surface area contributed by atoms with Crippen molar-refractivity contribution in [1.29, 1.82) is 0 Å². The van der Waals surface area contributed by atoms with E-state index in [2.05, 4.69) is 20.0 Å². The van der Waals surface area contributed by atoms with Crippen molar-refractivity contribution in [2.75, 3.05) is 30.0 Å². The molecule has 2 N–H and O–H groups in total. The van der Waals surface area contributed by atoms with Gasteiger partial charge in [0.1, 0.15) is 17.0 Å². The van der Waals surface area contributed by atoms with Crippen molar-refractivity contribution in [1.82, 2.24) is 9.97 Å². The van der Waals surface area contributed by atoms with E-state index in [9.17, 15) is 13.2 Å². The van der Waals surface area contributed by atoms with Gasteiger partial charge in [-0.3, -0.25) is 9.52 Å². The third kappa shape index (κ3) is 5.48. The Morgan fingerprint density at radius 2 is 1.86 bits per heavy atom. The summed E-state index contributed by atoms with van der Waals surface area (Å²) < 4.78 is 45.3. The van der Waals surface area contributed by atoms with Crippen molar-refractivity contribution in [3.05, 3.63) is 60.7 Å². The number of aromatic nitrogens is 2. The third-order valence-electron chi connectivity index (χ3n) is 5.17. The van der Waals surface area contributed by atoms with Crippen LogP contribution in [-0.2, 0) is 14.8 Å². The number of rotatable bonds is 9. The maximum Gasteiger partial charge on any atom is 0.262 e. The molecule has 5 rings (SSSR count). The normalized spacial score (nSPS) is 11.5. The molecule has 2 heterocycles. The molecular formula is C24H20N4O6S3. The minimum atomic E-state index is -3.90. The number of nitrogens with one attached hydrogen (secondary N) is 2. The highest BCUT2D eigenvalue weighted by Crippen LogP contribution is 2.31. The Morgan fingerprint density at radius 3 is 2.68 bits per heavy atom. The summed E-state index contributed by atoms with van der Waals surface area (Å²) in [5, 5.41) is 3.49. The van der Waals surface area contributed by atoms with E-state index in [4.69, 9.17) is 13.9 Å². The standard InChI is InChI=1S/C24H20N4O6S3/c1-32-14-7-9-17-21(11-14)36-23(25-17)27-22(29)13-35-24-26-18-12-15(8-10-20(18)34-24)37(30,31)28-16-5-3-4-6-19(16)33-2/h3-12,28H,13H2,1-2H3,(H,25,27,29). The number of benzene rings is 3. The summed E-state index contributed by atoms with van der Waals surface area (Å²) >= 11 is 2.44. The lowest BCUT2D eigenvalue weighted by Gasteiger charge is -2.11. The zero-order valence-corrected chi connectivity index (χ0v) is 22.0. The van der Waals surface area contributed by atoms with E-state index in [1.807, 2.05) is 18.2 Å². The van der Waals surface area contributed by atoms with Crippen LogP contribution in [0.5, 0.6) is 11.5 Å². The average Bonchev–Trinajstić information content (AvgIpc) is 3.49. The Labute approximate surface area is 220 Å². The van der Waals surface area contributed by atoms with E-state index in [0.29, 0.717) is 33.4 Å². The van der Waals surface area contributed by atoms with Gasteiger partial charge in [0.05, 0.1) is 40.8 Å². The predicted octanol–water partition coefficient (Wildman–Crippen LogP) is 4.99. The molecule has 1 amide bonds. The van der Waals surface area contributed by atoms with Crippen LogP contribution < -0.4 is 19.5 Å². The van der Waals surface area contributed by atoms with Crippen molar-refractivity contribution >= 4 is 71.2 Å². The average molecular weight is 557 g/mol. The van der Waals surface area contributed by atoms with Crippen LogP contribution in [0.25, 0.3) is 21.3 Å². The van der Waals surface area contributed by atoms with Crippen LogP contribution in [0.2, 0.25) is 0 Å². The molecule has 37 heavy (non-hydrogen) atoms. The number of fused-ring (bicyclic) bond motifs is 2. The number of amides is 1. The van der Waals surface area contributed by atoms with Crippen molar-refractivity contribution in [2.45, 2.75) is 10.1 Å². The van der Waals surface area contributed by atoms with Crippen LogP contribution in [0.4, 0.5) is 10.8 Å². The molecule has 5 aromatic rings. The highest BCUT2D eigenvalue weighted by molar-refractivity contribution is 7.99. The van der Waals surface area contributed by atoms with Crippen LogP contribution in [0.3, 0.4) is 0 Å². The number of methoxy groups -OCH3 is 2. The number of thiazole rings is 1. The fraction of sp³-hybridized carbons (Fsp3) is 0.125. The molecule has 190 valence electrons. The number of para-hydroxylation sites is 2. The van der Waals surface area contributed by atoms with Crippen LogP contribution in [0.1, 0.15) is 0 Å². The maximum atomic E-state index is 12.9. The largest absolute Gasteiger partial charge is 0.497 e. The monoisotopic (exact) mass is 556 g/mol. The van der Waals surface area contributed by atoms with Crippen LogP contribution >= 0.6 is 23.1 Å². The van der Waals surface area contributed by atoms with Gasteiger partial charge in [0, 0.05) is 0 Å². The van der Waals surface area contributed by atoms with Gasteiger partial charge < -0.3 is 19.2 Å². The first-order valence-electron chi connectivity index (χ1n) is 10.8. The van der Waals surface area contributed by atoms with E-state index < -0.39 is 10.0 Å². The number of carbonyl (C=O) groups is 1. The molecule has 0 unspecified atom stereocenters. The third-order valence-corrected chi connectivity index (χ3v) is 8.29. The van der Waals surface area contributed by atoms with E-state index >= 15 is 0 Å². The number of oxazole rings is 1. The summed E-state index contributed by atoms with van der Waals surface area (Å²) in [6.45, 7) is 0. The Hall–Kier alpha value is -3.81. The molecule has 13 heteroatoms. The lowest BCUT2D eigenvalue weighted by atomic mass is 10.3. The van der Waals surface area contributed by atoms with Crippen LogP contribution in [0.15, 0.2) is 75.2 Å². The summed E-state index contributed by atoms with van der Waals surface area (Å²) in [4.78, 5) is 21.2. The van der Waals surface area contributed by atoms with Gasteiger partial charge in [-0.1, -0.05) is 35.2 Å². The number of nitrogens with zero attached hydrogens (tertiary/aromatic N) is 2. The van der Waals surface area contributed by atoms with Gasteiger partial charge in [-0.2, -0.15) is 0 Å². The molecule has 0 saturated carbocycles. The topological polar surface area (TPSA) is 133 Å². The second-order valence-corrected chi connectivity index (χ2v) is 11.2. The summed E-state index contributed by atoms with van der Waals surface area (Å²) in [7, 11) is -0.847. The smallest absolute Gasteiger partial charge is 0.262 e. The first-order valence-corrected chi connectivity index (χ1v) is 14.1. The summed E-state index contributed by atoms with van der Waals surface area (Å²) in [6.07, 6.45) is 0. The Balaban J connectivity index is 1.25. The van der Waals surface area contributed by atoms with Gasteiger partial charge in [-0.25, -0.2) is 18.4 Å². The SMILES string of the molecule is COc1ccc2nc(NC(=O)CSc3nc4cc(S(=O)(=O)Nc5ccccc5OC)ccc4o3)sc2c1. The zero-order chi connectivity index (χ0) is 26.0. The molecule has 0 bridgehead atoms. The predicted molar refractivity (Wildman–Crippen MR) is 143 cm³/mol. The van der Waals surface area contributed by atoms with Crippen molar-refractivity contribution in [3.63, 3.8) is 0 Å². The number of hydrogen-bond donors (Lipinski definition) is 2. The fourth-order valence-corrected chi connectivity index (χ4v) is 6.05. The highest BCUT2D eigenvalue weighted by Gasteiger charge is 2.19. The number of hydrogen-bond acceptors (Lipinski definition) is 10. The zero-order valence-electron chi connectivity index (χ0n) is 19.5. The van der Waals surface area contributed by atoms with E-state index in [0.717, 1.165) is 22.0 Å². The first-order chi connectivity index (χ1) is 17.8. The molecule has 0 aliphatic heterocycles. The van der Waals surface area contributed by atoms with Crippen LogP contribution in [-0.4, -0.2) is 44.3 Å². The molecule has 0 saturated heterocycles. The molecule has 0 spiro atoms. The van der Waals surface area contributed by atoms with Gasteiger partial charge in [-0.15, -0.1) is 0 Å². The van der Waals surface area contributed by atoms with Gasteiger partial charge in [-0.05, 0) is 48.5 Å². The lowest BCUT2D eigenvalue weighted by Crippen LogP contribution is -2.13. The van der Waals surface area contributed by atoms with E-state index in [-0.39, 0.29) is 21.8 Å². The summed E-state index contributed by atoms with van der Waals surface area (Å²) in [6, 6.07) is 16.6. The highest BCUT2D eigenvalue weighted by atomic mass is 32.2. The number of carbonyl (C=O) groups excluding carboxylic acids is 1. The minimum absolute atomic E-state index is 0.0148. The summed E-state index contributed by atoms with van der Waals surface area (Å²) in [5.41, 5.74) is 1.84. The second-order valence-electron chi connectivity index (χ2n) is 7.60. The van der Waals surface area contributed by atoms with Crippen molar-refractivity contribution < 1.29 is 27.1 Å². The lowest BCUT2D eigenvalue weighted by molar-refractivity contribution is -0.113. The molecule has 0 aliphatic rings. The minimum Gasteiger partial charge on any atom is -0.497 e. The van der Waals surface area contributed by atoms with Crippen molar-refractivity contribution in [3.8, 4) is 11.5 Å². The number of anilines is 2. The molecular weight excluding hydrogens is 536 g/mol. The molecule has 2 aromatic heterocycles. The Kier molecular flexibility index (Phi) is 6.91. The molecule has 3 aromatic carbocycles.